The Labute approximate surface area is 92.4 Å². The van der Waals surface area contributed by atoms with E-state index in [1.165, 1.54) is 16.7 Å². The van der Waals surface area contributed by atoms with E-state index in [2.05, 4.69) is 39.0 Å². The molecule has 0 aliphatic carbocycles. The van der Waals surface area contributed by atoms with Crippen LogP contribution in [-0.4, -0.2) is 12.6 Å². The van der Waals surface area contributed by atoms with Crippen molar-refractivity contribution in [2.24, 2.45) is 5.73 Å². The van der Waals surface area contributed by atoms with E-state index in [1.807, 2.05) is 0 Å². The molecule has 2 nitrogen and oxygen atoms in total. The summed E-state index contributed by atoms with van der Waals surface area (Å²) in [5.74, 6) is 0. The summed E-state index contributed by atoms with van der Waals surface area (Å²) in [6.45, 7) is 7.59. The smallest absolute Gasteiger partial charge is 0.0720 e. The van der Waals surface area contributed by atoms with Gasteiger partial charge in [0.05, 0.1) is 13.2 Å². The first kappa shape index (κ1) is 12.2. The topological polar surface area (TPSA) is 35.2 Å². The second-order valence-electron chi connectivity index (χ2n) is 4.11. The van der Waals surface area contributed by atoms with Crippen molar-refractivity contribution < 1.29 is 4.74 Å². The monoisotopic (exact) mass is 207 g/mol. The average molecular weight is 207 g/mol. The molecule has 0 saturated carbocycles. The molecule has 2 N–H and O–H groups in total. The summed E-state index contributed by atoms with van der Waals surface area (Å²) in [6, 6.07) is 6.59. The fourth-order valence-corrected chi connectivity index (χ4v) is 1.39. The summed E-state index contributed by atoms with van der Waals surface area (Å²) in [7, 11) is 0. The van der Waals surface area contributed by atoms with Crippen molar-refractivity contribution in [1.29, 1.82) is 0 Å². The normalized spacial score (nSPS) is 12.8. The van der Waals surface area contributed by atoms with Crippen LogP contribution in [0.2, 0.25) is 0 Å². The molecule has 1 rings (SSSR count). The van der Waals surface area contributed by atoms with Crippen LogP contribution in [0.3, 0.4) is 0 Å². The SMILES string of the molecule is CC[C@H](N)COCc1cc(C)ccc1C. The van der Waals surface area contributed by atoms with Gasteiger partial charge in [-0.1, -0.05) is 30.7 Å². The molecule has 1 aromatic rings. The molecule has 15 heavy (non-hydrogen) atoms. The number of nitrogens with two attached hydrogens (primary N) is 1. The van der Waals surface area contributed by atoms with Crippen LogP contribution in [0, 0.1) is 13.8 Å². The molecule has 0 heterocycles. The highest BCUT2D eigenvalue weighted by atomic mass is 16.5. The van der Waals surface area contributed by atoms with E-state index in [9.17, 15) is 0 Å². The number of hydrogen-bond donors (Lipinski definition) is 1. The lowest BCUT2D eigenvalue weighted by Gasteiger charge is -2.11. The first-order valence-electron chi connectivity index (χ1n) is 5.53. The molecule has 0 aliphatic rings. The summed E-state index contributed by atoms with van der Waals surface area (Å²) in [6.07, 6.45) is 0.965. The zero-order valence-electron chi connectivity index (χ0n) is 9.92. The maximum Gasteiger partial charge on any atom is 0.0720 e. The van der Waals surface area contributed by atoms with Crippen molar-refractivity contribution in [2.75, 3.05) is 6.61 Å². The Kier molecular flexibility index (Phi) is 4.79. The minimum Gasteiger partial charge on any atom is -0.375 e. The molecular formula is C13H21NO. The number of ether oxygens (including phenoxy) is 1. The van der Waals surface area contributed by atoms with E-state index in [-0.39, 0.29) is 6.04 Å². The van der Waals surface area contributed by atoms with Crippen molar-refractivity contribution in [2.45, 2.75) is 39.8 Å². The molecule has 84 valence electrons. The van der Waals surface area contributed by atoms with Crippen molar-refractivity contribution in [3.8, 4) is 0 Å². The van der Waals surface area contributed by atoms with Crippen molar-refractivity contribution in [3.63, 3.8) is 0 Å². The number of rotatable bonds is 5. The van der Waals surface area contributed by atoms with Crippen molar-refractivity contribution >= 4 is 0 Å². The standard InChI is InChI=1S/C13H21NO/c1-4-13(14)9-15-8-12-7-10(2)5-6-11(12)3/h5-7,13H,4,8-9,14H2,1-3H3/t13-/m0/s1. The molecule has 0 amide bonds. The Morgan fingerprint density at radius 2 is 2.07 bits per heavy atom. The van der Waals surface area contributed by atoms with Gasteiger partial charge in [-0.25, -0.2) is 0 Å². The highest BCUT2D eigenvalue weighted by molar-refractivity contribution is 5.29. The van der Waals surface area contributed by atoms with E-state index in [1.54, 1.807) is 0 Å². The minimum atomic E-state index is 0.162. The molecule has 0 saturated heterocycles. The third-order valence-corrected chi connectivity index (χ3v) is 2.62. The van der Waals surface area contributed by atoms with Gasteiger partial charge in [0.15, 0.2) is 0 Å². The van der Waals surface area contributed by atoms with E-state index in [0.717, 1.165) is 6.42 Å². The average Bonchev–Trinajstić information content (AvgIpc) is 2.23. The lowest BCUT2D eigenvalue weighted by molar-refractivity contribution is 0.106. The highest BCUT2D eigenvalue weighted by Crippen LogP contribution is 2.11. The summed E-state index contributed by atoms with van der Waals surface area (Å²) >= 11 is 0. The second-order valence-corrected chi connectivity index (χ2v) is 4.11. The predicted molar refractivity (Wildman–Crippen MR) is 63.8 cm³/mol. The lowest BCUT2D eigenvalue weighted by Crippen LogP contribution is -2.24. The molecule has 0 spiro atoms. The van der Waals surface area contributed by atoms with E-state index in [4.69, 9.17) is 10.5 Å². The number of benzene rings is 1. The maximum absolute atomic E-state index is 5.78. The van der Waals surface area contributed by atoms with Crippen LogP contribution >= 0.6 is 0 Å². The van der Waals surface area contributed by atoms with Gasteiger partial charge < -0.3 is 10.5 Å². The van der Waals surface area contributed by atoms with Gasteiger partial charge in [0.2, 0.25) is 0 Å². The fourth-order valence-electron chi connectivity index (χ4n) is 1.39. The van der Waals surface area contributed by atoms with Crippen LogP contribution in [0.4, 0.5) is 0 Å². The van der Waals surface area contributed by atoms with Gasteiger partial charge in [-0.05, 0) is 31.4 Å². The molecule has 0 radical (unpaired) electrons. The molecule has 1 atom stereocenters. The van der Waals surface area contributed by atoms with E-state index in [0.29, 0.717) is 13.2 Å². The molecule has 0 bridgehead atoms. The molecule has 0 fully saturated rings. The second kappa shape index (κ2) is 5.89. The van der Waals surface area contributed by atoms with Gasteiger partial charge >= 0.3 is 0 Å². The molecule has 1 aromatic carbocycles. The molecule has 2 heteroatoms. The Morgan fingerprint density at radius 1 is 1.33 bits per heavy atom. The zero-order valence-corrected chi connectivity index (χ0v) is 9.92. The van der Waals surface area contributed by atoms with Gasteiger partial charge in [-0.3, -0.25) is 0 Å². The first-order chi connectivity index (χ1) is 7.13. The predicted octanol–water partition coefficient (Wildman–Crippen LogP) is 2.56. The van der Waals surface area contributed by atoms with Gasteiger partial charge in [0.25, 0.3) is 0 Å². The van der Waals surface area contributed by atoms with Gasteiger partial charge in [0.1, 0.15) is 0 Å². The largest absolute Gasteiger partial charge is 0.375 e. The Morgan fingerprint density at radius 3 is 2.73 bits per heavy atom. The molecule has 0 unspecified atom stereocenters. The quantitative estimate of drug-likeness (QED) is 0.805. The maximum atomic E-state index is 5.78. The summed E-state index contributed by atoms with van der Waals surface area (Å²) in [5.41, 5.74) is 9.60. The van der Waals surface area contributed by atoms with Crippen LogP contribution in [0.25, 0.3) is 0 Å². The van der Waals surface area contributed by atoms with Gasteiger partial charge in [-0.2, -0.15) is 0 Å². The summed E-state index contributed by atoms with van der Waals surface area (Å²) < 4.78 is 5.58. The Bertz CT molecular complexity index is 309. The third kappa shape index (κ3) is 4.02. The van der Waals surface area contributed by atoms with Crippen molar-refractivity contribution in [3.05, 3.63) is 34.9 Å². The number of hydrogen-bond acceptors (Lipinski definition) is 2. The van der Waals surface area contributed by atoms with Crippen LogP contribution in [0.15, 0.2) is 18.2 Å². The highest BCUT2D eigenvalue weighted by Gasteiger charge is 2.01. The molecular weight excluding hydrogens is 186 g/mol. The molecule has 0 aliphatic heterocycles. The fraction of sp³-hybridized carbons (Fsp3) is 0.538. The van der Waals surface area contributed by atoms with E-state index >= 15 is 0 Å². The Hall–Kier alpha value is -0.860. The van der Waals surface area contributed by atoms with Crippen molar-refractivity contribution in [1.82, 2.24) is 0 Å². The lowest BCUT2D eigenvalue weighted by atomic mass is 10.1. The van der Waals surface area contributed by atoms with Gasteiger partial charge in [0, 0.05) is 6.04 Å². The summed E-state index contributed by atoms with van der Waals surface area (Å²) in [5, 5.41) is 0. The molecule has 0 aromatic heterocycles. The number of aryl methyl sites for hydroxylation is 2. The Balaban J connectivity index is 2.46. The first-order valence-corrected chi connectivity index (χ1v) is 5.53. The minimum absolute atomic E-state index is 0.162. The zero-order chi connectivity index (χ0) is 11.3. The van der Waals surface area contributed by atoms with Crippen LogP contribution in [0.5, 0.6) is 0 Å². The van der Waals surface area contributed by atoms with Crippen LogP contribution in [0.1, 0.15) is 30.0 Å². The van der Waals surface area contributed by atoms with Crippen LogP contribution < -0.4 is 5.73 Å². The van der Waals surface area contributed by atoms with E-state index < -0.39 is 0 Å². The van der Waals surface area contributed by atoms with Crippen LogP contribution in [-0.2, 0) is 11.3 Å². The van der Waals surface area contributed by atoms with Gasteiger partial charge in [-0.15, -0.1) is 0 Å². The third-order valence-electron chi connectivity index (χ3n) is 2.62. The summed E-state index contributed by atoms with van der Waals surface area (Å²) in [4.78, 5) is 0.